The molecule has 222 valence electrons. The molecule has 2 aromatic rings. The van der Waals surface area contributed by atoms with E-state index in [1.54, 1.807) is 0 Å². The van der Waals surface area contributed by atoms with Gasteiger partial charge in [0.25, 0.3) is 0 Å². The van der Waals surface area contributed by atoms with Crippen molar-refractivity contribution in [1.29, 1.82) is 0 Å². The van der Waals surface area contributed by atoms with Crippen LogP contribution in [0, 0.1) is 0 Å². The number of alkyl halides is 1. The predicted octanol–water partition coefficient (Wildman–Crippen LogP) is 9.32. The highest BCUT2D eigenvalue weighted by Gasteiger charge is 2.24. The standard InChI is InChI=1S/C30H38F2N2O2.2C2H6/c1-21(36-30(2,3)4)33-24-11-14-27-23(19-24)7-5-8-28(32)29(27)22-9-12-25(13-10-22)35-26-15-18-34(20-26)17-6-16-31;2*1-2/h9-14,19,26,33H,1,5-8,15-18,20H2,2-4H3;2*1-2H3. The summed E-state index contributed by atoms with van der Waals surface area (Å²) in [7, 11) is 0. The molecule has 1 heterocycles. The molecule has 40 heavy (non-hydrogen) atoms. The number of anilines is 1. The second kappa shape index (κ2) is 16.4. The quantitative estimate of drug-likeness (QED) is 0.312. The Hall–Kier alpha value is -2.86. The molecule has 4 nitrogen and oxygen atoms in total. The lowest BCUT2D eigenvalue weighted by Gasteiger charge is -2.23. The van der Waals surface area contributed by atoms with Crippen molar-refractivity contribution >= 4 is 11.3 Å². The summed E-state index contributed by atoms with van der Waals surface area (Å²) in [5.41, 5.74) is 4.07. The molecular formula is C34H50F2N2O2. The third-order valence-electron chi connectivity index (χ3n) is 6.48. The number of benzene rings is 2. The van der Waals surface area contributed by atoms with Crippen LogP contribution in [-0.4, -0.2) is 42.9 Å². The summed E-state index contributed by atoms with van der Waals surface area (Å²) >= 11 is 0. The second-order valence-corrected chi connectivity index (χ2v) is 10.7. The molecular weight excluding hydrogens is 506 g/mol. The lowest BCUT2D eigenvalue weighted by atomic mass is 9.93. The molecule has 4 rings (SSSR count). The third-order valence-corrected chi connectivity index (χ3v) is 6.48. The number of allylic oxidation sites excluding steroid dienone is 1. The zero-order valence-electron chi connectivity index (χ0n) is 25.7. The molecule has 1 fully saturated rings. The van der Waals surface area contributed by atoms with Gasteiger partial charge in [-0.15, -0.1) is 0 Å². The van der Waals surface area contributed by atoms with Gasteiger partial charge in [-0.25, -0.2) is 4.39 Å². The van der Waals surface area contributed by atoms with Crippen LogP contribution < -0.4 is 10.1 Å². The molecule has 6 heteroatoms. The van der Waals surface area contributed by atoms with Crippen LogP contribution in [0.2, 0.25) is 0 Å². The van der Waals surface area contributed by atoms with E-state index in [9.17, 15) is 4.39 Å². The van der Waals surface area contributed by atoms with Crippen molar-refractivity contribution in [3.05, 3.63) is 77.4 Å². The van der Waals surface area contributed by atoms with E-state index in [0.717, 1.165) is 67.0 Å². The Kier molecular flexibility index (Phi) is 13.7. The number of hydrogen-bond donors (Lipinski definition) is 1. The first-order valence-corrected chi connectivity index (χ1v) is 14.9. The fourth-order valence-electron chi connectivity index (χ4n) is 4.97. The topological polar surface area (TPSA) is 33.7 Å². The highest BCUT2D eigenvalue weighted by Crippen LogP contribution is 2.37. The smallest absolute Gasteiger partial charge is 0.184 e. The number of nitrogens with zero attached hydrogens (tertiary/aromatic N) is 1. The molecule has 2 aromatic carbocycles. The molecule has 1 atom stereocenters. The largest absolute Gasteiger partial charge is 0.489 e. The van der Waals surface area contributed by atoms with Crippen LogP contribution in [0.25, 0.3) is 5.57 Å². The minimum atomic E-state index is -0.336. The Morgan fingerprint density at radius 1 is 1.05 bits per heavy atom. The number of nitrogens with one attached hydrogen (secondary N) is 1. The number of fused-ring (bicyclic) bond motifs is 1. The Labute approximate surface area is 241 Å². The maximum absolute atomic E-state index is 15.3. The number of hydrogen-bond acceptors (Lipinski definition) is 4. The van der Waals surface area contributed by atoms with Gasteiger partial charge in [-0.2, -0.15) is 0 Å². The molecule has 0 bridgehead atoms. The molecule has 1 N–H and O–H groups in total. The van der Waals surface area contributed by atoms with Crippen molar-refractivity contribution in [2.24, 2.45) is 0 Å². The van der Waals surface area contributed by atoms with E-state index in [0.29, 0.717) is 24.3 Å². The fourth-order valence-corrected chi connectivity index (χ4v) is 4.97. The third kappa shape index (κ3) is 9.96. The summed E-state index contributed by atoms with van der Waals surface area (Å²) in [6.07, 6.45) is 3.59. The van der Waals surface area contributed by atoms with Crippen LogP contribution in [0.3, 0.4) is 0 Å². The predicted molar refractivity (Wildman–Crippen MR) is 165 cm³/mol. The van der Waals surface area contributed by atoms with Crippen molar-refractivity contribution in [1.82, 2.24) is 4.90 Å². The molecule has 1 unspecified atom stereocenters. The van der Waals surface area contributed by atoms with Crippen LogP contribution in [-0.2, 0) is 11.2 Å². The Balaban J connectivity index is 0.00000134. The van der Waals surface area contributed by atoms with Gasteiger partial charge in [0.2, 0.25) is 0 Å². The zero-order valence-corrected chi connectivity index (χ0v) is 25.7. The first-order valence-electron chi connectivity index (χ1n) is 14.9. The molecule has 0 radical (unpaired) electrons. The van der Waals surface area contributed by atoms with Gasteiger partial charge < -0.3 is 14.8 Å². The van der Waals surface area contributed by atoms with Crippen molar-refractivity contribution in [2.45, 2.75) is 92.3 Å². The minimum absolute atomic E-state index is 0.0806. The number of likely N-dealkylation sites (tertiary alicyclic amines) is 1. The normalized spacial score (nSPS) is 17.0. The summed E-state index contributed by atoms with van der Waals surface area (Å²) in [6.45, 7) is 20.1. The maximum atomic E-state index is 15.3. The lowest BCUT2D eigenvalue weighted by molar-refractivity contribution is 0.0565. The van der Waals surface area contributed by atoms with Gasteiger partial charge in [0.15, 0.2) is 5.88 Å². The average Bonchev–Trinajstić information content (AvgIpc) is 3.30. The summed E-state index contributed by atoms with van der Waals surface area (Å²) in [5.74, 6) is 1.19. The first-order chi connectivity index (χ1) is 19.2. The Morgan fingerprint density at radius 3 is 2.40 bits per heavy atom. The average molecular weight is 557 g/mol. The van der Waals surface area contributed by atoms with Crippen LogP contribution in [0.1, 0.15) is 90.8 Å². The summed E-state index contributed by atoms with van der Waals surface area (Å²) in [6, 6.07) is 13.7. The summed E-state index contributed by atoms with van der Waals surface area (Å²) < 4.78 is 39.7. The van der Waals surface area contributed by atoms with Crippen LogP contribution in [0.15, 0.2) is 60.8 Å². The molecule has 1 aliphatic carbocycles. The number of halogens is 2. The highest BCUT2D eigenvalue weighted by atomic mass is 19.1. The molecule has 2 aliphatic rings. The van der Waals surface area contributed by atoms with Gasteiger partial charge in [0.05, 0.1) is 6.67 Å². The van der Waals surface area contributed by atoms with Gasteiger partial charge in [-0.1, -0.05) is 45.9 Å². The van der Waals surface area contributed by atoms with E-state index in [-0.39, 0.29) is 24.2 Å². The van der Waals surface area contributed by atoms with Crippen molar-refractivity contribution in [2.75, 3.05) is 31.6 Å². The minimum Gasteiger partial charge on any atom is -0.489 e. The van der Waals surface area contributed by atoms with E-state index in [1.807, 2.05) is 84.9 Å². The van der Waals surface area contributed by atoms with E-state index in [2.05, 4.69) is 22.9 Å². The molecule has 0 aromatic heterocycles. The zero-order chi connectivity index (χ0) is 29.7. The van der Waals surface area contributed by atoms with Crippen LogP contribution in [0.5, 0.6) is 5.75 Å². The monoisotopic (exact) mass is 556 g/mol. The van der Waals surface area contributed by atoms with Crippen molar-refractivity contribution in [3.8, 4) is 5.75 Å². The maximum Gasteiger partial charge on any atom is 0.184 e. The van der Waals surface area contributed by atoms with Gasteiger partial charge in [0, 0.05) is 37.3 Å². The van der Waals surface area contributed by atoms with Crippen LogP contribution in [0.4, 0.5) is 14.5 Å². The number of ether oxygens (including phenoxy) is 2. The van der Waals surface area contributed by atoms with Gasteiger partial charge >= 0.3 is 0 Å². The number of aryl methyl sites for hydroxylation is 1. The number of rotatable bonds is 9. The van der Waals surface area contributed by atoms with Crippen molar-refractivity contribution in [3.63, 3.8) is 0 Å². The highest BCUT2D eigenvalue weighted by molar-refractivity contribution is 5.84. The fraction of sp³-hybridized carbons (Fsp3) is 0.529. The molecule has 0 spiro atoms. The summed E-state index contributed by atoms with van der Waals surface area (Å²) in [5, 5.41) is 3.23. The SMILES string of the molecule is C=C(Nc1ccc2c(c1)CCCC(F)=C2c1ccc(OC2CCN(CCCF)C2)cc1)OC(C)(C)C.CC.CC. The van der Waals surface area contributed by atoms with Gasteiger partial charge in [-0.3, -0.25) is 9.29 Å². The molecule has 1 saturated heterocycles. The Bertz CT molecular complexity index is 1090. The first kappa shape index (κ1) is 33.3. The van der Waals surface area contributed by atoms with E-state index in [4.69, 9.17) is 9.47 Å². The summed E-state index contributed by atoms with van der Waals surface area (Å²) in [4.78, 5) is 2.24. The van der Waals surface area contributed by atoms with Crippen LogP contribution >= 0.6 is 0 Å². The van der Waals surface area contributed by atoms with Crippen molar-refractivity contribution < 1.29 is 18.3 Å². The van der Waals surface area contributed by atoms with E-state index >= 15 is 4.39 Å². The van der Waals surface area contributed by atoms with E-state index < -0.39 is 0 Å². The Morgan fingerprint density at radius 2 is 1.75 bits per heavy atom. The molecule has 0 saturated carbocycles. The lowest BCUT2D eigenvalue weighted by Crippen LogP contribution is -2.26. The van der Waals surface area contributed by atoms with E-state index in [1.165, 1.54) is 0 Å². The van der Waals surface area contributed by atoms with Gasteiger partial charge in [-0.05, 0) is 94.0 Å². The van der Waals surface area contributed by atoms with Gasteiger partial charge in [0.1, 0.15) is 23.3 Å². The molecule has 0 amide bonds. The second-order valence-electron chi connectivity index (χ2n) is 10.7. The molecule has 1 aliphatic heterocycles.